The van der Waals surface area contributed by atoms with Gasteiger partial charge in [0.2, 0.25) is 0 Å². The molecule has 1 atom stereocenters. The van der Waals surface area contributed by atoms with Gasteiger partial charge in [-0.1, -0.05) is 24.3 Å². The van der Waals surface area contributed by atoms with Gasteiger partial charge in [0.05, 0.1) is 6.61 Å². The number of rotatable bonds is 3. The van der Waals surface area contributed by atoms with Gasteiger partial charge in [0, 0.05) is 6.42 Å². The Bertz CT molecular complexity index is 371. The van der Waals surface area contributed by atoms with E-state index in [1.54, 1.807) is 0 Å². The number of hydrogen-bond donors (Lipinski definition) is 0. The summed E-state index contributed by atoms with van der Waals surface area (Å²) in [6, 6.07) is 8.53. The summed E-state index contributed by atoms with van der Waals surface area (Å²) in [5.74, 6) is 0.417. The van der Waals surface area contributed by atoms with E-state index < -0.39 is 0 Å². The van der Waals surface area contributed by atoms with Crippen molar-refractivity contribution in [2.45, 2.75) is 32.6 Å². The zero-order valence-corrected chi connectivity index (χ0v) is 9.74. The van der Waals surface area contributed by atoms with Gasteiger partial charge in [-0.05, 0) is 43.2 Å². The molecule has 1 unspecified atom stereocenters. The molecule has 2 nitrogen and oxygen atoms in total. The highest BCUT2D eigenvalue weighted by molar-refractivity contribution is 5.69. The van der Waals surface area contributed by atoms with Gasteiger partial charge in [-0.15, -0.1) is 0 Å². The van der Waals surface area contributed by atoms with Crippen molar-refractivity contribution in [1.82, 2.24) is 0 Å². The summed E-state index contributed by atoms with van der Waals surface area (Å²) in [5.41, 5.74) is 2.85. The van der Waals surface area contributed by atoms with E-state index in [9.17, 15) is 4.79 Å². The molecule has 16 heavy (non-hydrogen) atoms. The van der Waals surface area contributed by atoms with Crippen LogP contribution in [0.15, 0.2) is 24.3 Å². The van der Waals surface area contributed by atoms with Crippen LogP contribution in [-0.4, -0.2) is 12.6 Å². The number of ether oxygens (including phenoxy) is 1. The zero-order chi connectivity index (χ0) is 11.4. The topological polar surface area (TPSA) is 26.3 Å². The summed E-state index contributed by atoms with van der Waals surface area (Å²) < 4.78 is 4.99. The van der Waals surface area contributed by atoms with Crippen molar-refractivity contribution in [2.24, 2.45) is 5.92 Å². The molecule has 1 aromatic carbocycles. The SMILES string of the molecule is CCOC(=O)CC1CCc2ccccc2C1. The van der Waals surface area contributed by atoms with Gasteiger partial charge in [-0.25, -0.2) is 0 Å². The lowest BCUT2D eigenvalue weighted by atomic mass is 9.82. The monoisotopic (exact) mass is 218 g/mol. The van der Waals surface area contributed by atoms with Gasteiger partial charge in [-0.3, -0.25) is 4.79 Å². The molecule has 2 heteroatoms. The Morgan fingerprint density at radius 1 is 1.38 bits per heavy atom. The number of esters is 1. The summed E-state index contributed by atoms with van der Waals surface area (Å²) in [4.78, 5) is 11.4. The Morgan fingerprint density at radius 2 is 2.12 bits per heavy atom. The standard InChI is InChI=1S/C14H18O2/c1-2-16-14(15)10-11-7-8-12-5-3-4-6-13(12)9-11/h3-6,11H,2,7-10H2,1H3. The highest BCUT2D eigenvalue weighted by atomic mass is 16.5. The molecule has 0 saturated carbocycles. The number of fused-ring (bicyclic) bond motifs is 1. The van der Waals surface area contributed by atoms with E-state index in [1.807, 2.05) is 6.92 Å². The summed E-state index contributed by atoms with van der Waals surface area (Å²) in [6.07, 6.45) is 3.80. The Kier molecular flexibility index (Phi) is 3.60. The van der Waals surface area contributed by atoms with Crippen LogP contribution in [0, 0.1) is 5.92 Å². The van der Waals surface area contributed by atoms with Crippen molar-refractivity contribution in [2.75, 3.05) is 6.61 Å². The fraction of sp³-hybridized carbons (Fsp3) is 0.500. The molecule has 1 aromatic rings. The molecule has 0 radical (unpaired) electrons. The summed E-state index contributed by atoms with van der Waals surface area (Å²) in [7, 11) is 0. The molecule has 0 heterocycles. The minimum absolute atomic E-state index is 0.0492. The minimum Gasteiger partial charge on any atom is -0.466 e. The summed E-state index contributed by atoms with van der Waals surface area (Å²) >= 11 is 0. The van der Waals surface area contributed by atoms with Gasteiger partial charge < -0.3 is 4.74 Å². The van der Waals surface area contributed by atoms with Crippen LogP contribution in [0.25, 0.3) is 0 Å². The molecule has 1 aliphatic carbocycles. The highest BCUT2D eigenvalue weighted by Crippen LogP contribution is 2.27. The molecule has 1 aliphatic rings. The lowest BCUT2D eigenvalue weighted by molar-refractivity contribution is -0.144. The fourth-order valence-corrected chi connectivity index (χ4v) is 2.40. The first-order valence-electron chi connectivity index (χ1n) is 6.02. The Labute approximate surface area is 96.6 Å². The maximum atomic E-state index is 11.4. The Hall–Kier alpha value is -1.31. The third-order valence-electron chi connectivity index (χ3n) is 3.21. The molecular formula is C14H18O2. The van der Waals surface area contributed by atoms with Crippen molar-refractivity contribution in [3.05, 3.63) is 35.4 Å². The van der Waals surface area contributed by atoms with Crippen LogP contribution in [0.1, 0.15) is 30.9 Å². The normalized spacial score (nSPS) is 18.9. The first-order chi connectivity index (χ1) is 7.79. The van der Waals surface area contributed by atoms with Gasteiger partial charge in [0.1, 0.15) is 0 Å². The van der Waals surface area contributed by atoms with Crippen LogP contribution in [0.2, 0.25) is 0 Å². The smallest absolute Gasteiger partial charge is 0.306 e. The highest BCUT2D eigenvalue weighted by Gasteiger charge is 2.20. The van der Waals surface area contributed by atoms with Crippen LogP contribution in [0.3, 0.4) is 0 Å². The van der Waals surface area contributed by atoms with E-state index in [-0.39, 0.29) is 5.97 Å². The average Bonchev–Trinajstić information content (AvgIpc) is 2.29. The van der Waals surface area contributed by atoms with Gasteiger partial charge >= 0.3 is 5.97 Å². The van der Waals surface area contributed by atoms with Crippen LogP contribution in [-0.2, 0) is 22.4 Å². The van der Waals surface area contributed by atoms with E-state index in [0.29, 0.717) is 18.9 Å². The first-order valence-corrected chi connectivity index (χ1v) is 6.02. The van der Waals surface area contributed by atoms with E-state index >= 15 is 0 Å². The molecule has 0 amide bonds. The minimum atomic E-state index is -0.0492. The maximum absolute atomic E-state index is 11.4. The van der Waals surface area contributed by atoms with E-state index in [1.165, 1.54) is 11.1 Å². The van der Waals surface area contributed by atoms with Gasteiger partial charge in [0.25, 0.3) is 0 Å². The van der Waals surface area contributed by atoms with E-state index in [4.69, 9.17) is 4.74 Å². The van der Waals surface area contributed by atoms with Crippen LogP contribution in [0.4, 0.5) is 0 Å². The molecule has 0 saturated heterocycles. The zero-order valence-electron chi connectivity index (χ0n) is 9.74. The molecular weight excluding hydrogens is 200 g/mol. The van der Waals surface area contributed by atoms with Crippen molar-refractivity contribution in [3.63, 3.8) is 0 Å². The molecule has 0 aromatic heterocycles. The average molecular weight is 218 g/mol. The molecule has 0 fully saturated rings. The second kappa shape index (κ2) is 5.15. The van der Waals surface area contributed by atoms with Crippen molar-refractivity contribution in [3.8, 4) is 0 Å². The van der Waals surface area contributed by atoms with E-state index in [0.717, 1.165) is 19.3 Å². The number of aryl methyl sites for hydroxylation is 1. The van der Waals surface area contributed by atoms with Crippen LogP contribution in [0.5, 0.6) is 0 Å². The van der Waals surface area contributed by atoms with Gasteiger partial charge in [-0.2, -0.15) is 0 Å². The van der Waals surface area contributed by atoms with Crippen molar-refractivity contribution < 1.29 is 9.53 Å². The molecule has 86 valence electrons. The summed E-state index contributed by atoms with van der Waals surface area (Å²) in [5, 5.41) is 0. The third kappa shape index (κ3) is 2.63. The van der Waals surface area contributed by atoms with E-state index in [2.05, 4.69) is 24.3 Å². The lowest BCUT2D eigenvalue weighted by Crippen LogP contribution is -2.18. The number of carbonyl (C=O) groups excluding carboxylic acids is 1. The molecule has 2 rings (SSSR count). The largest absolute Gasteiger partial charge is 0.466 e. The number of carbonyl (C=O) groups is 1. The van der Waals surface area contributed by atoms with Crippen LogP contribution >= 0.6 is 0 Å². The van der Waals surface area contributed by atoms with Gasteiger partial charge in [0.15, 0.2) is 0 Å². The second-order valence-electron chi connectivity index (χ2n) is 4.39. The molecule has 0 bridgehead atoms. The second-order valence-corrected chi connectivity index (χ2v) is 4.39. The maximum Gasteiger partial charge on any atom is 0.306 e. The Morgan fingerprint density at radius 3 is 2.88 bits per heavy atom. The van der Waals surface area contributed by atoms with Crippen molar-refractivity contribution in [1.29, 1.82) is 0 Å². The first kappa shape index (κ1) is 11.2. The number of hydrogen-bond acceptors (Lipinski definition) is 2. The van der Waals surface area contributed by atoms with Crippen LogP contribution < -0.4 is 0 Å². The third-order valence-corrected chi connectivity index (χ3v) is 3.21. The predicted molar refractivity (Wildman–Crippen MR) is 63.2 cm³/mol. The predicted octanol–water partition coefficient (Wildman–Crippen LogP) is 2.74. The summed E-state index contributed by atoms with van der Waals surface area (Å²) in [6.45, 7) is 2.34. The fourth-order valence-electron chi connectivity index (χ4n) is 2.40. The number of benzene rings is 1. The molecule has 0 aliphatic heterocycles. The lowest BCUT2D eigenvalue weighted by Gasteiger charge is -2.23. The molecule has 0 spiro atoms. The quantitative estimate of drug-likeness (QED) is 0.729. The Balaban J connectivity index is 1.95. The van der Waals surface area contributed by atoms with Crippen molar-refractivity contribution >= 4 is 5.97 Å². The molecule has 0 N–H and O–H groups in total.